The Morgan fingerprint density at radius 3 is 1.69 bits per heavy atom. The number of hydrogen-bond acceptors (Lipinski definition) is 5. The first kappa shape index (κ1) is 24.0. The number of aryl methyl sites for hydroxylation is 2. The summed E-state index contributed by atoms with van der Waals surface area (Å²) < 4.78 is 54.5. The van der Waals surface area contributed by atoms with Crippen molar-refractivity contribution in [3.05, 3.63) is 70.8 Å². The van der Waals surface area contributed by atoms with E-state index in [9.17, 15) is 16.8 Å². The minimum Gasteiger partial charge on any atom is -0.371 e. The van der Waals surface area contributed by atoms with Gasteiger partial charge in [0.1, 0.15) is 5.84 Å². The van der Waals surface area contributed by atoms with E-state index >= 15 is 0 Å². The second kappa shape index (κ2) is 9.46. The highest BCUT2D eigenvalue weighted by atomic mass is 32.2. The third-order valence-electron chi connectivity index (χ3n) is 5.48. The van der Waals surface area contributed by atoms with Gasteiger partial charge in [-0.25, -0.2) is 8.42 Å². The number of hydrogen-bond donors (Lipinski definition) is 0. The van der Waals surface area contributed by atoms with Crippen LogP contribution in [0.25, 0.3) is 0 Å². The molecule has 1 fully saturated rings. The second-order valence-electron chi connectivity index (χ2n) is 8.02. The molecule has 0 saturated carbocycles. The van der Waals surface area contributed by atoms with Crippen LogP contribution in [0.2, 0.25) is 0 Å². The smallest absolute Gasteiger partial charge is 0.283 e. The van der Waals surface area contributed by atoms with E-state index in [2.05, 4.69) is 4.40 Å². The molecule has 0 aromatic heterocycles. The van der Waals surface area contributed by atoms with Gasteiger partial charge < -0.3 is 9.80 Å². The van der Waals surface area contributed by atoms with Crippen LogP contribution in [0.1, 0.15) is 25.0 Å². The molecule has 0 atom stereocenters. The molecule has 3 rings (SSSR count). The number of benzene rings is 2. The van der Waals surface area contributed by atoms with E-state index in [0.29, 0.717) is 37.7 Å². The first-order valence-corrected chi connectivity index (χ1v) is 13.3. The average Bonchev–Trinajstić information content (AvgIpc) is 2.74. The van der Waals surface area contributed by atoms with Gasteiger partial charge in [0.2, 0.25) is 9.84 Å². The van der Waals surface area contributed by atoms with Crippen LogP contribution in [-0.4, -0.2) is 58.7 Å². The van der Waals surface area contributed by atoms with Gasteiger partial charge in [-0.2, -0.15) is 8.42 Å². The summed E-state index contributed by atoms with van der Waals surface area (Å²) in [5.41, 5.74) is 2.64. The minimum atomic E-state index is -3.77. The summed E-state index contributed by atoms with van der Waals surface area (Å²) in [6.07, 6.45) is 0. The molecular weight excluding hydrogens is 446 g/mol. The van der Waals surface area contributed by atoms with E-state index in [4.69, 9.17) is 0 Å². The van der Waals surface area contributed by atoms with Gasteiger partial charge in [0.25, 0.3) is 10.0 Å². The maximum Gasteiger partial charge on any atom is 0.283 e. The van der Waals surface area contributed by atoms with Gasteiger partial charge in [0.05, 0.1) is 15.2 Å². The monoisotopic (exact) mass is 475 g/mol. The van der Waals surface area contributed by atoms with E-state index in [0.717, 1.165) is 11.1 Å². The fraction of sp³-hybridized carbons (Fsp3) is 0.348. The van der Waals surface area contributed by atoms with Gasteiger partial charge in [-0.05, 0) is 52.0 Å². The lowest BCUT2D eigenvalue weighted by Crippen LogP contribution is -2.47. The zero-order chi connectivity index (χ0) is 23.5. The molecule has 2 aromatic carbocycles. The predicted molar refractivity (Wildman–Crippen MR) is 127 cm³/mol. The van der Waals surface area contributed by atoms with Crippen molar-refractivity contribution in [2.75, 3.05) is 26.2 Å². The fourth-order valence-electron chi connectivity index (χ4n) is 3.47. The number of nitrogens with zero attached hydrogens (tertiary/aromatic N) is 3. The highest BCUT2D eigenvalue weighted by molar-refractivity contribution is 7.94. The van der Waals surface area contributed by atoms with Crippen molar-refractivity contribution in [2.24, 2.45) is 4.40 Å². The summed E-state index contributed by atoms with van der Waals surface area (Å²) in [5.74, 6) is 0.430. The molecule has 1 aliphatic rings. The lowest BCUT2D eigenvalue weighted by Gasteiger charge is -2.37. The summed E-state index contributed by atoms with van der Waals surface area (Å²) in [6, 6.07) is 13.4. The lowest BCUT2D eigenvalue weighted by molar-refractivity contribution is 0.222. The third-order valence-corrected chi connectivity index (χ3v) is 8.44. The van der Waals surface area contributed by atoms with Crippen LogP contribution in [0, 0.1) is 13.8 Å². The molecule has 0 spiro atoms. The molecule has 0 amide bonds. The maximum atomic E-state index is 12.7. The molecular formula is C23H29N3O4S2. The zero-order valence-electron chi connectivity index (χ0n) is 18.8. The fourth-order valence-corrected chi connectivity index (χ4v) is 5.77. The highest BCUT2D eigenvalue weighted by Gasteiger charge is 2.22. The van der Waals surface area contributed by atoms with Crippen LogP contribution in [-0.2, 0) is 19.9 Å². The molecule has 0 bridgehead atoms. The Hall–Kier alpha value is -2.65. The lowest BCUT2D eigenvalue weighted by atomic mass is 10.2. The normalized spacial score (nSPS) is 16.4. The predicted octanol–water partition coefficient (Wildman–Crippen LogP) is 3.36. The number of allylic oxidation sites excluding steroid dienone is 1. The molecule has 7 nitrogen and oxygen atoms in total. The van der Waals surface area contributed by atoms with E-state index in [1.54, 1.807) is 62.4 Å². The Kier molecular flexibility index (Phi) is 7.09. The first-order chi connectivity index (χ1) is 15.0. The van der Waals surface area contributed by atoms with Gasteiger partial charge in [0, 0.05) is 31.9 Å². The third kappa shape index (κ3) is 5.77. The van der Waals surface area contributed by atoms with Crippen molar-refractivity contribution < 1.29 is 16.8 Å². The first-order valence-electron chi connectivity index (χ1n) is 10.4. The maximum absolute atomic E-state index is 12.7. The highest BCUT2D eigenvalue weighted by Crippen LogP contribution is 2.19. The number of amidine groups is 1. The molecule has 9 heteroatoms. The number of piperazine rings is 1. The standard InChI is InChI=1S/C23H29N3O4S2/c1-18-5-9-22(10-6-18)31(27,28)17-20(3)25-13-15-26(16-14-25)21(4)24-32(29,30)23-11-7-19(2)8-12-23/h5-12,17H,13-16H2,1-4H3/b20-17+,24-21?. The van der Waals surface area contributed by atoms with Crippen LogP contribution in [0.4, 0.5) is 0 Å². The van der Waals surface area contributed by atoms with E-state index in [1.165, 1.54) is 5.41 Å². The van der Waals surface area contributed by atoms with Crippen LogP contribution < -0.4 is 0 Å². The molecule has 0 unspecified atom stereocenters. The second-order valence-corrected chi connectivity index (χ2v) is 11.4. The molecule has 32 heavy (non-hydrogen) atoms. The molecule has 1 heterocycles. The van der Waals surface area contributed by atoms with Gasteiger partial charge in [0.15, 0.2) is 0 Å². The Balaban J connectivity index is 1.67. The summed E-state index contributed by atoms with van der Waals surface area (Å²) >= 11 is 0. The SMILES string of the molecule is CC(=NS(=O)(=O)c1ccc(C)cc1)N1CCN(/C(C)=C/S(=O)(=O)c2ccc(C)cc2)CC1. The van der Waals surface area contributed by atoms with Gasteiger partial charge in [-0.1, -0.05) is 35.4 Å². The topological polar surface area (TPSA) is 87.1 Å². The average molecular weight is 476 g/mol. The van der Waals surface area contributed by atoms with Crippen molar-refractivity contribution >= 4 is 25.7 Å². The van der Waals surface area contributed by atoms with Crippen LogP contribution in [0.5, 0.6) is 0 Å². The van der Waals surface area contributed by atoms with Crippen LogP contribution in [0.3, 0.4) is 0 Å². The van der Waals surface area contributed by atoms with Gasteiger partial charge in [-0.15, -0.1) is 4.40 Å². The van der Waals surface area contributed by atoms with Crippen molar-refractivity contribution in [3.63, 3.8) is 0 Å². The van der Waals surface area contributed by atoms with E-state index < -0.39 is 19.9 Å². The van der Waals surface area contributed by atoms with Crippen molar-refractivity contribution in [1.82, 2.24) is 9.80 Å². The Morgan fingerprint density at radius 2 is 1.19 bits per heavy atom. The minimum absolute atomic E-state index is 0.168. The number of sulfone groups is 1. The molecule has 172 valence electrons. The van der Waals surface area contributed by atoms with Crippen molar-refractivity contribution in [2.45, 2.75) is 37.5 Å². The number of sulfonamides is 1. The Bertz CT molecular complexity index is 1120. The molecule has 1 saturated heterocycles. The van der Waals surface area contributed by atoms with Crippen molar-refractivity contribution in [1.29, 1.82) is 0 Å². The molecule has 1 aliphatic heterocycles. The van der Waals surface area contributed by atoms with Crippen molar-refractivity contribution in [3.8, 4) is 0 Å². The van der Waals surface area contributed by atoms with Gasteiger partial charge >= 0.3 is 0 Å². The molecule has 0 aliphatic carbocycles. The largest absolute Gasteiger partial charge is 0.371 e. The molecule has 2 aromatic rings. The quantitative estimate of drug-likeness (QED) is 0.487. The summed E-state index contributed by atoms with van der Waals surface area (Å²) in [5, 5.41) is 1.30. The van der Waals surface area contributed by atoms with Crippen LogP contribution in [0.15, 0.2) is 73.8 Å². The summed E-state index contributed by atoms with van der Waals surface area (Å²) in [4.78, 5) is 4.33. The summed E-state index contributed by atoms with van der Waals surface area (Å²) in [6.45, 7) is 9.52. The Labute approximate surface area is 191 Å². The van der Waals surface area contributed by atoms with Crippen LogP contribution >= 0.6 is 0 Å². The van der Waals surface area contributed by atoms with E-state index in [-0.39, 0.29) is 9.79 Å². The zero-order valence-corrected chi connectivity index (χ0v) is 20.4. The molecule has 0 N–H and O–H groups in total. The van der Waals surface area contributed by atoms with Gasteiger partial charge in [-0.3, -0.25) is 0 Å². The molecule has 0 radical (unpaired) electrons. The van der Waals surface area contributed by atoms with E-state index in [1.807, 2.05) is 23.6 Å². The number of rotatable bonds is 5. The Morgan fingerprint density at radius 1 is 0.750 bits per heavy atom. The summed E-state index contributed by atoms with van der Waals surface area (Å²) in [7, 11) is -7.30.